The Morgan fingerprint density at radius 2 is 2.20 bits per heavy atom. The van der Waals surface area contributed by atoms with Crippen LogP contribution in [-0.4, -0.2) is 5.11 Å². The lowest BCUT2D eigenvalue weighted by Gasteiger charge is -2.16. The van der Waals surface area contributed by atoms with Crippen molar-refractivity contribution in [3.63, 3.8) is 0 Å². The van der Waals surface area contributed by atoms with Crippen LogP contribution in [0.1, 0.15) is 24.1 Å². The Morgan fingerprint density at radius 1 is 1.53 bits per heavy atom. The van der Waals surface area contributed by atoms with Crippen LogP contribution in [0.15, 0.2) is 18.2 Å². The van der Waals surface area contributed by atoms with Crippen LogP contribution >= 0.6 is 12.2 Å². The first-order valence-electron chi connectivity index (χ1n) is 4.57. The summed E-state index contributed by atoms with van der Waals surface area (Å²) in [5, 5.41) is 3.26. The van der Waals surface area contributed by atoms with E-state index >= 15 is 0 Å². The van der Waals surface area contributed by atoms with Gasteiger partial charge in [-0.15, -0.1) is 0 Å². The van der Waals surface area contributed by atoms with Crippen molar-refractivity contribution in [1.29, 1.82) is 0 Å². The Balaban J connectivity index is 2.78. The zero-order valence-corrected chi connectivity index (χ0v) is 9.49. The molecule has 1 aromatic rings. The maximum Gasteiger partial charge on any atom is 0.181 e. The number of hydrogen-bond donors (Lipinski definition) is 3. The number of hydrogen-bond acceptors (Lipinski definition) is 2. The molecule has 0 fully saturated rings. The van der Waals surface area contributed by atoms with Gasteiger partial charge in [-0.05, 0) is 43.3 Å². The lowest BCUT2D eigenvalue weighted by atomic mass is 10.1. The molecular weight excluding hydrogens is 213 g/mol. The predicted molar refractivity (Wildman–Crippen MR) is 62.6 cm³/mol. The molecule has 82 valence electrons. The van der Waals surface area contributed by atoms with E-state index in [0.717, 1.165) is 5.56 Å². The van der Waals surface area contributed by atoms with Gasteiger partial charge in [0.2, 0.25) is 0 Å². The summed E-state index contributed by atoms with van der Waals surface area (Å²) in [7, 11) is 0. The number of halogens is 1. The van der Waals surface area contributed by atoms with Crippen LogP contribution in [0.4, 0.5) is 4.39 Å². The van der Waals surface area contributed by atoms with Crippen LogP contribution in [0.5, 0.6) is 0 Å². The molecule has 0 saturated heterocycles. The van der Waals surface area contributed by atoms with Gasteiger partial charge in [0.1, 0.15) is 5.82 Å². The number of hydrazine groups is 1. The lowest BCUT2D eigenvalue weighted by molar-refractivity contribution is 0.608. The second-order valence-corrected chi connectivity index (χ2v) is 3.76. The molecule has 0 radical (unpaired) electrons. The summed E-state index contributed by atoms with van der Waals surface area (Å²) >= 11 is 4.85. The molecule has 1 aromatic carbocycles. The van der Waals surface area contributed by atoms with E-state index in [1.807, 2.05) is 13.0 Å². The summed E-state index contributed by atoms with van der Waals surface area (Å²) < 4.78 is 13.3. The van der Waals surface area contributed by atoms with Crippen LogP contribution in [0.3, 0.4) is 0 Å². The Bertz CT molecular complexity index is 368. The molecule has 5 heteroatoms. The van der Waals surface area contributed by atoms with Crippen molar-refractivity contribution in [1.82, 2.24) is 10.7 Å². The van der Waals surface area contributed by atoms with Gasteiger partial charge in [0.15, 0.2) is 5.11 Å². The molecule has 0 saturated carbocycles. The SMILES string of the molecule is Cc1ccc(C(C)NC(=S)NN)cc1F. The van der Waals surface area contributed by atoms with E-state index < -0.39 is 0 Å². The highest BCUT2D eigenvalue weighted by molar-refractivity contribution is 7.80. The predicted octanol–water partition coefficient (Wildman–Crippen LogP) is 1.53. The van der Waals surface area contributed by atoms with Gasteiger partial charge in [-0.2, -0.15) is 0 Å². The average molecular weight is 227 g/mol. The third-order valence-electron chi connectivity index (χ3n) is 2.17. The molecule has 1 rings (SSSR count). The summed E-state index contributed by atoms with van der Waals surface area (Å²) in [6.45, 7) is 3.61. The minimum Gasteiger partial charge on any atom is -0.355 e. The number of nitrogens with one attached hydrogen (secondary N) is 2. The number of nitrogens with two attached hydrogens (primary N) is 1. The Hall–Kier alpha value is -1.20. The van der Waals surface area contributed by atoms with Gasteiger partial charge in [-0.25, -0.2) is 10.2 Å². The maximum absolute atomic E-state index is 13.3. The summed E-state index contributed by atoms with van der Waals surface area (Å²) in [5.41, 5.74) is 3.78. The highest BCUT2D eigenvalue weighted by atomic mass is 32.1. The second-order valence-electron chi connectivity index (χ2n) is 3.35. The second kappa shape index (κ2) is 5.04. The van der Waals surface area contributed by atoms with Crippen LogP contribution < -0.4 is 16.6 Å². The van der Waals surface area contributed by atoms with Crippen molar-refractivity contribution in [3.05, 3.63) is 35.1 Å². The van der Waals surface area contributed by atoms with Gasteiger partial charge in [-0.3, -0.25) is 0 Å². The van der Waals surface area contributed by atoms with Crippen LogP contribution in [0.25, 0.3) is 0 Å². The van der Waals surface area contributed by atoms with Gasteiger partial charge >= 0.3 is 0 Å². The monoisotopic (exact) mass is 227 g/mol. The largest absolute Gasteiger partial charge is 0.355 e. The molecule has 0 aliphatic rings. The molecule has 0 heterocycles. The maximum atomic E-state index is 13.3. The summed E-state index contributed by atoms with van der Waals surface area (Å²) in [6, 6.07) is 5.01. The number of benzene rings is 1. The minimum absolute atomic E-state index is 0.0800. The lowest BCUT2D eigenvalue weighted by Crippen LogP contribution is -2.40. The summed E-state index contributed by atoms with van der Waals surface area (Å²) in [5.74, 6) is 4.91. The average Bonchev–Trinajstić information content (AvgIpc) is 2.21. The number of thiocarbonyl (C=S) groups is 1. The molecule has 0 aliphatic heterocycles. The minimum atomic E-state index is -0.215. The Kier molecular flexibility index (Phi) is 3.99. The molecule has 0 amide bonds. The molecular formula is C10H14FN3S. The van der Waals surface area contributed by atoms with E-state index in [2.05, 4.69) is 10.7 Å². The highest BCUT2D eigenvalue weighted by Gasteiger charge is 2.08. The highest BCUT2D eigenvalue weighted by Crippen LogP contribution is 2.15. The van der Waals surface area contributed by atoms with Crippen molar-refractivity contribution in [2.75, 3.05) is 0 Å². The van der Waals surface area contributed by atoms with Crippen molar-refractivity contribution >= 4 is 17.3 Å². The fourth-order valence-electron chi connectivity index (χ4n) is 1.20. The van der Waals surface area contributed by atoms with E-state index in [4.69, 9.17) is 18.1 Å². The van der Waals surface area contributed by atoms with Crippen LogP contribution in [0, 0.1) is 12.7 Å². The smallest absolute Gasteiger partial charge is 0.181 e. The number of aryl methyl sites for hydroxylation is 1. The van der Waals surface area contributed by atoms with E-state index in [1.54, 1.807) is 13.0 Å². The first-order chi connectivity index (χ1) is 7.04. The van der Waals surface area contributed by atoms with Gasteiger partial charge in [0.25, 0.3) is 0 Å². The quantitative estimate of drug-likeness (QED) is 0.407. The van der Waals surface area contributed by atoms with Gasteiger partial charge in [0, 0.05) is 0 Å². The molecule has 0 spiro atoms. The molecule has 0 bridgehead atoms. The van der Waals surface area contributed by atoms with Crippen molar-refractivity contribution < 1.29 is 4.39 Å². The van der Waals surface area contributed by atoms with E-state index in [-0.39, 0.29) is 11.9 Å². The van der Waals surface area contributed by atoms with Gasteiger partial charge in [0.05, 0.1) is 6.04 Å². The normalized spacial score (nSPS) is 12.0. The number of rotatable bonds is 2. The van der Waals surface area contributed by atoms with Crippen LogP contribution in [-0.2, 0) is 0 Å². The fourth-order valence-corrected chi connectivity index (χ4v) is 1.38. The van der Waals surface area contributed by atoms with E-state index in [9.17, 15) is 4.39 Å². The molecule has 0 aromatic heterocycles. The third kappa shape index (κ3) is 3.14. The van der Waals surface area contributed by atoms with Crippen molar-refractivity contribution in [3.8, 4) is 0 Å². The topological polar surface area (TPSA) is 50.1 Å². The summed E-state index contributed by atoms with van der Waals surface area (Å²) in [6.07, 6.45) is 0. The Morgan fingerprint density at radius 3 is 2.73 bits per heavy atom. The first-order valence-corrected chi connectivity index (χ1v) is 4.98. The van der Waals surface area contributed by atoms with Gasteiger partial charge in [-0.1, -0.05) is 12.1 Å². The standard InChI is InChI=1S/C10H14FN3S/c1-6-3-4-8(5-9(6)11)7(2)13-10(15)14-12/h3-5,7H,12H2,1-2H3,(H2,13,14,15). The third-order valence-corrected chi connectivity index (χ3v) is 2.41. The van der Waals surface area contributed by atoms with E-state index in [1.165, 1.54) is 6.07 Å². The zero-order chi connectivity index (χ0) is 11.4. The molecule has 1 unspecified atom stereocenters. The first kappa shape index (κ1) is 11.9. The molecule has 0 aliphatic carbocycles. The Labute approximate surface area is 93.8 Å². The van der Waals surface area contributed by atoms with Crippen molar-refractivity contribution in [2.24, 2.45) is 5.84 Å². The zero-order valence-electron chi connectivity index (χ0n) is 8.67. The molecule has 4 N–H and O–H groups in total. The van der Waals surface area contributed by atoms with Crippen molar-refractivity contribution in [2.45, 2.75) is 19.9 Å². The molecule has 1 atom stereocenters. The summed E-state index contributed by atoms with van der Waals surface area (Å²) in [4.78, 5) is 0. The van der Waals surface area contributed by atoms with E-state index in [0.29, 0.717) is 10.7 Å². The fraction of sp³-hybridized carbons (Fsp3) is 0.300. The van der Waals surface area contributed by atoms with Crippen LogP contribution in [0.2, 0.25) is 0 Å². The molecule has 3 nitrogen and oxygen atoms in total. The molecule has 15 heavy (non-hydrogen) atoms. The van der Waals surface area contributed by atoms with Gasteiger partial charge < -0.3 is 10.7 Å².